The molecular weight excluding hydrogens is 319 g/mol. The van der Waals surface area contributed by atoms with Crippen molar-refractivity contribution in [1.29, 1.82) is 0 Å². The summed E-state index contributed by atoms with van der Waals surface area (Å²) in [4.78, 5) is 12.7. The molecule has 3 rings (SSSR count). The van der Waals surface area contributed by atoms with Crippen LogP contribution in [0.5, 0.6) is 5.75 Å². The van der Waals surface area contributed by atoms with Gasteiger partial charge in [0.2, 0.25) is 5.91 Å². The van der Waals surface area contributed by atoms with E-state index < -0.39 is 0 Å². The van der Waals surface area contributed by atoms with Gasteiger partial charge in [0.05, 0.1) is 12.0 Å². The molecule has 1 amide bonds. The van der Waals surface area contributed by atoms with Gasteiger partial charge in [-0.05, 0) is 60.6 Å². The van der Waals surface area contributed by atoms with Gasteiger partial charge in [-0.3, -0.25) is 4.79 Å². The molecule has 0 heterocycles. The van der Waals surface area contributed by atoms with E-state index >= 15 is 0 Å². The number of hydrogen-bond acceptors (Lipinski definition) is 3. The number of nitrogens with one attached hydrogen (secondary N) is 1. The number of nitrogens with two attached hydrogens (primary N) is 1. The Morgan fingerprint density at radius 2 is 2.04 bits per heavy atom. The first-order valence-corrected chi connectivity index (χ1v) is 8.64. The number of carbonyl (C=O) groups is 1. The fourth-order valence-electron chi connectivity index (χ4n) is 3.46. The SMILES string of the molecule is NCC(Cc1ccc(F)cc1)C(=O)NC1CCCc2c(O)cccc21. The zero-order valence-corrected chi connectivity index (χ0v) is 14.0. The van der Waals surface area contributed by atoms with Crippen molar-refractivity contribution in [3.05, 3.63) is 65.0 Å². The Morgan fingerprint density at radius 3 is 2.76 bits per heavy atom. The Morgan fingerprint density at radius 1 is 1.28 bits per heavy atom. The smallest absolute Gasteiger partial charge is 0.225 e. The highest BCUT2D eigenvalue weighted by molar-refractivity contribution is 5.79. The predicted molar refractivity (Wildman–Crippen MR) is 94.6 cm³/mol. The Bertz CT molecular complexity index is 746. The molecule has 2 aromatic rings. The van der Waals surface area contributed by atoms with Gasteiger partial charge in [0.1, 0.15) is 11.6 Å². The third-order valence-corrected chi connectivity index (χ3v) is 4.85. The summed E-state index contributed by atoms with van der Waals surface area (Å²) in [5.41, 5.74) is 8.59. The van der Waals surface area contributed by atoms with E-state index in [4.69, 9.17) is 5.73 Å². The molecule has 0 aliphatic heterocycles. The van der Waals surface area contributed by atoms with Crippen molar-refractivity contribution < 1.29 is 14.3 Å². The van der Waals surface area contributed by atoms with Crippen LogP contribution in [0.2, 0.25) is 0 Å². The number of amides is 1. The quantitative estimate of drug-likeness (QED) is 0.782. The number of fused-ring (bicyclic) bond motifs is 1. The zero-order chi connectivity index (χ0) is 17.8. The summed E-state index contributed by atoms with van der Waals surface area (Å²) in [5.74, 6) is -0.476. The van der Waals surface area contributed by atoms with Gasteiger partial charge in [-0.25, -0.2) is 4.39 Å². The second-order valence-corrected chi connectivity index (χ2v) is 6.56. The third kappa shape index (κ3) is 3.99. The molecule has 2 unspecified atom stereocenters. The van der Waals surface area contributed by atoms with Crippen molar-refractivity contribution in [2.24, 2.45) is 11.7 Å². The van der Waals surface area contributed by atoms with Gasteiger partial charge in [0, 0.05) is 6.54 Å². The molecule has 4 N–H and O–H groups in total. The van der Waals surface area contributed by atoms with Crippen LogP contribution >= 0.6 is 0 Å². The van der Waals surface area contributed by atoms with E-state index in [1.54, 1.807) is 24.3 Å². The molecule has 2 aromatic carbocycles. The Labute approximate surface area is 146 Å². The third-order valence-electron chi connectivity index (χ3n) is 4.85. The fraction of sp³-hybridized carbons (Fsp3) is 0.350. The summed E-state index contributed by atoms with van der Waals surface area (Å²) >= 11 is 0. The van der Waals surface area contributed by atoms with Gasteiger partial charge in [-0.2, -0.15) is 0 Å². The predicted octanol–water partition coefficient (Wildman–Crippen LogP) is 2.84. The molecule has 0 radical (unpaired) electrons. The van der Waals surface area contributed by atoms with Crippen molar-refractivity contribution in [2.45, 2.75) is 31.7 Å². The summed E-state index contributed by atoms with van der Waals surface area (Å²) in [6, 6.07) is 11.5. The van der Waals surface area contributed by atoms with Crippen molar-refractivity contribution >= 4 is 5.91 Å². The maximum atomic E-state index is 13.0. The second-order valence-electron chi connectivity index (χ2n) is 6.56. The highest BCUT2D eigenvalue weighted by Gasteiger charge is 2.26. The number of halogens is 1. The number of carbonyl (C=O) groups excluding carboxylic acids is 1. The molecule has 1 aliphatic rings. The lowest BCUT2D eigenvalue weighted by molar-refractivity contribution is -0.125. The standard InChI is InChI=1S/C20H23FN2O2/c21-15-9-7-13(8-10-15)11-14(12-22)20(25)23-18-5-1-4-17-16(18)3-2-6-19(17)24/h2-3,6-10,14,18,24H,1,4-5,11-12,22H2,(H,23,25). The van der Waals surface area contributed by atoms with Crippen LogP contribution in [0.25, 0.3) is 0 Å². The molecule has 0 saturated heterocycles. The lowest BCUT2D eigenvalue weighted by Gasteiger charge is -2.28. The van der Waals surface area contributed by atoms with Crippen LogP contribution in [-0.4, -0.2) is 17.6 Å². The van der Waals surface area contributed by atoms with Crippen molar-refractivity contribution in [2.75, 3.05) is 6.54 Å². The molecule has 132 valence electrons. The van der Waals surface area contributed by atoms with E-state index in [2.05, 4.69) is 5.32 Å². The summed E-state index contributed by atoms with van der Waals surface area (Å²) < 4.78 is 13.0. The molecular formula is C20H23FN2O2. The highest BCUT2D eigenvalue weighted by atomic mass is 19.1. The van der Waals surface area contributed by atoms with Gasteiger partial charge in [-0.1, -0.05) is 24.3 Å². The van der Waals surface area contributed by atoms with Crippen LogP contribution in [0.15, 0.2) is 42.5 Å². The van der Waals surface area contributed by atoms with E-state index in [0.717, 1.165) is 36.0 Å². The van der Waals surface area contributed by atoms with Crippen LogP contribution in [0, 0.1) is 11.7 Å². The molecule has 5 heteroatoms. The van der Waals surface area contributed by atoms with Gasteiger partial charge >= 0.3 is 0 Å². The van der Waals surface area contributed by atoms with Crippen LogP contribution < -0.4 is 11.1 Å². The molecule has 0 aromatic heterocycles. The average Bonchev–Trinajstić information content (AvgIpc) is 2.62. The second kappa shape index (κ2) is 7.66. The first-order chi connectivity index (χ1) is 12.1. The molecule has 0 saturated carbocycles. The first kappa shape index (κ1) is 17.4. The van der Waals surface area contributed by atoms with Crippen LogP contribution in [0.3, 0.4) is 0 Å². The number of hydrogen-bond donors (Lipinski definition) is 3. The number of phenolic OH excluding ortho intramolecular Hbond substituents is 1. The summed E-state index contributed by atoms with van der Waals surface area (Å²) in [6.07, 6.45) is 3.06. The van der Waals surface area contributed by atoms with Crippen LogP contribution in [0.1, 0.15) is 35.6 Å². The van der Waals surface area contributed by atoms with E-state index in [1.807, 2.05) is 6.07 Å². The zero-order valence-electron chi connectivity index (χ0n) is 14.0. The van der Waals surface area contributed by atoms with Gasteiger partial charge in [0.15, 0.2) is 0 Å². The van der Waals surface area contributed by atoms with Gasteiger partial charge in [-0.15, -0.1) is 0 Å². The van der Waals surface area contributed by atoms with E-state index in [1.165, 1.54) is 12.1 Å². The van der Waals surface area contributed by atoms with Crippen molar-refractivity contribution in [1.82, 2.24) is 5.32 Å². The summed E-state index contributed by atoms with van der Waals surface area (Å²) in [6.45, 7) is 0.225. The van der Waals surface area contributed by atoms with E-state index in [-0.39, 0.29) is 36.0 Å². The minimum absolute atomic E-state index is 0.104. The summed E-state index contributed by atoms with van der Waals surface area (Å²) in [7, 11) is 0. The number of rotatable bonds is 5. The number of benzene rings is 2. The highest BCUT2D eigenvalue weighted by Crippen LogP contribution is 2.34. The maximum Gasteiger partial charge on any atom is 0.225 e. The van der Waals surface area contributed by atoms with Crippen molar-refractivity contribution in [3.63, 3.8) is 0 Å². The molecule has 1 aliphatic carbocycles. The lowest BCUT2D eigenvalue weighted by Crippen LogP contribution is -2.39. The molecule has 0 spiro atoms. The summed E-state index contributed by atoms with van der Waals surface area (Å²) in [5, 5.41) is 13.1. The molecule has 0 fully saturated rings. The monoisotopic (exact) mass is 342 g/mol. The largest absolute Gasteiger partial charge is 0.508 e. The van der Waals surface area contributed by atoms with Crippen LogP contribution in [-0.2, 0) is 17.6 Å². The Kier molecular flexibility index (Phi) is 5.34. The van der Waals surface area contributed by atoms with Crippen LogP contribution in [0.4, 0.5) is 4.39 Å². The minimum Gasteiger partial charge on any atom is -0.508 e. The molecule has 25 heavy (non-hydrogen) atoms. The fourth-order valence-corrected chi connectivity index (χ4v) is 3.46. The van der Waals surface area contributed by atoms with Crippen molar-refractivity contribution in [3.8, 4) is 5.75 Å². The van der Waals surface area contributed by atoms with Gasteiger partial charge < -0.3 is 16.2 Å². The van der Waals surface area contributed by atoms with E-state index in [0.29, 0.717) is 6.42 Å². The molecule has 0 bridgehead atoms. The first-order valence-electron chi connectivity index (χ1n) is 8.64. The average molecular weight is 342 g/mol. The molecule has 2 atom stereocenters. The minimum atomic E-state index is -0.367. The van der Waals surface area contributed by atoms with E-state index in [9.17, 15) is 14.3 Å². The Hall–Kier alpha value is -2.40. The maximum absolute atomic E-state index is 13.0. The number of phenols is 1. The molecule has 4 nitrogen and oxygen atoms in total. The van der Waals surface area contributed by atoms with Gasteiger partial charge in [0.25, 0.3) is 0 Å². The number of aromatic hydroxyl groups is 1. The normalized spacial score (nSPS) is 17.6. The lowest BCUT2D eigenvalue weighted by atomic mass is 9.86. The Balaban J connectivity index is 1.71. The topological polar surface area (TPSA) is 75.4 Å².